The summed E-state index contributed by atoms with van der Waals surface area (Å²) < 4.78 is 7.60. The van der Waals surface area contributed by atoms with Gasteiger partial charge in [0.05, 0.1) is 18.2 Å². The Hall–Kier alpha value is -2.41. The highest BCUT2D eigenvalue weighted by atomic mass is 16.5. The van der Waals surface area contributed by atoms with E-state index in [-0.39, 0.29) is 5.91 Å². The molecule has 0 aliphatic carbocycles. The van der Waals surface area contributed by atoms with Crippen LogP contribution in [0.3, 0.4) is 0 Å². The van der Waals surface area contributed by atoms with Crippen LogP contribution in [-0.2, 0) is 11.3 Å². The molecule has 1 atom stereocenters. The largest absolute Gasteiger partial charge is 0.379 e. The van der Waals surface area contributed by atoms with Gasteiger partial charge in [-0.1, -0.05) is 13.8 Å². The molecule has 3 rings (SSSR count). The number of ether oxygens (including phenoxy) is 1. The van der Waals surface area contributed by atoms with Gasteiger partial charge in [-0.15, -0.1) is 0 Å². The van der Waals surface area contributed by atoms with E-state index in [0.717, 1.165) is 44.1 Å². The van der Waals surface area contributed by atoms with E-state index in [1.807, 2.05) is 18.5 Å². The van der Waals surface area contributed by atoms with Crippen LogP contribution >= 0.6 is 0 Å². The molecule has 1 amide bonds. The van der Waals surface area contributed by atoms with E-state index in [0.29, 0.717) is 30.7 Å². The molecule has 0 saturated carbocycles. The van der Waals surface area contributed by atoms with Crippen LogP contribution in [0.5, 0.6) is 0 Å². The predicted molar refractivity (Wildman–Crippen MR) is 105 cm³/mol. The second-order valence-electron chi connectivity index (χ2n) is 7.23. The topological polar surface area (TPSA) is 81.1 Å². The number of nitrogens with zero attached hydrogens (tertiary/aromatic N) is 3. The van der Waals surface area contributed by atoms with Crippen LogP contribution in [0.1, 0.15) is 55.2 Å². The number of pyridine rings is 1. The molecule has 0 spiro atoms. The van der Waals surface area contributed by atoms with Crippen LogP contribution in [0, 0.1) is 0 Å². The number of aryl methyl sites for hydroxylation is 1. The van der Waals surface area contributed by atoms with Gasteiger partial charge in [0.2, 0.25) is 0 Å². The number of anilines is 1. The number of rotatable bonds is 8. The first-order valence-electron chi connectivity index (χ1n) is 9.73. The average molecular weight is 371 g/mol. The van der Waals surface area contributed by atoms with E-state index in [2.05, 4.69) is 39.0 Å². The first kappa shape index (κ1) is 19.4. The highest BCUT2D eigenvalue weighted by Gasteiger charge is 2.14. The number of imidazole rings is 1. The van der Waals surface area contributed by atoms with Crippen molar-refractivity contribution in [1.29, 1.82) is 0 Å². The van der Waals surface area contributed by atoms with Crippen molar-refractivity contribution in [3.63, 3.8) is 0 Å². The molecule has 1 aliphatic heterocycles. The minimum absolute atomic E-state index is 0.0928. The molecule has 0 unspecified atom stereocenters. The van der Waals surface area contributed by atoms with E-state index in [1.54, 1.807) is 12.3 Å². The standard InChI is InChI=1S/C20H29N5O2/c1-15(2)19-21-9-11-25(19)10-4-8-22-20(26)16-6-7-18(23-13-16)24-17-5-3-12-27-14-17/h6-7,9,11,13,15,17H,3-5,8,10,12,14H2,1-2H3,(H,22,26)(H,23,24)/t17-/m0/s1. The maximum atomic E-state index is 12.3. The third-order valence-electron chi connectivity index (χ3n) is 4.66. The van der Waals surface area contributed by atoms with Crippen LogP contribution in [-0.4, -0.2) is 46.2 Å². The summed E-state index contributed by atoms with van der Waals surface area (Å²) in [6, 6.07) is 3.95. The van der Waals surface area contributed by atoms with Crippen molar-refractivity contribution >= 4 is 11.7 Å². The molecule has 27 heavy (non-hydrogen) atoms. The molecule has 1 fully saturated rings. The Morgan fingerprint density at radius 1 is 1.37 bits per heavy atom. The maximum absolute atomic E-state index is 12.3. The second kappa shape index (κ2) is 9.50. The van der Waals surface area contributed by atoms with Crippen molar-refractivity contribution < 1.29 is 9.53 Å². The van der Waals surface area contributed by atoms with Gasteiger partial charge in [0.25, 0.3) is 5.91 Å². The Balaban J connectivity index is 1.42. The lowest BCUT2D eigenvalue weighted by Crippen LogP contribution is -2.30. The van der Waals surface area contributed by atoms with Crippen LogP contribution in [0.25, 0.3) is 0 Å². The molecule has 2 N–H and O–H groups in total. The summed E-state index contributed by atoms with van der Waals surface area (Å²) in [7, 11) is 0. The van der Waals surface area contributed by atoms with E-state index in [1.165, 1.54) is 0 Å². The molecule has 1 saturated heterocycles. The highest BCUT2D eigenvalue weighted by molar-refractivity contribution is 5.94. The van der Waals surface area contributed by atoms with E-state index >= 15 is 0 Å². The summed E-state index contributed by atoms with van der Waals surface area (Å²) >= 11 is 0. The minimum Gasteiger partial charge on any atom is -0.379 e. The zero-order chi connectivity index (χ0) is 19.1. The third-order valence-corrected chi connectivity index (χ3v) is 4.66. The van der Waals surface area contributed by atoms with Crippen LogP contribution < -0.4 is 10.6 Å². The molecule has 3 heterocycles. The van der Waals surface area contributed by atoms with Gasteiger partial charge < -0.3 is 19.9 Å². The molecule has 7 nitrogen and oxygen atoms in total. The molecule has 0 aromatic carbocycles. The number of hydrogen-bond donors (Lipinski definition) is 2. The van der Waals surface area contributed by atoms with Crippen molar-refractivity contribution in [2.45, 2.75) is 51.6 Å². The van der Waals surface area contributed by atoms with Gasteiger partial charge in [0.1, 0.15) is 11.6 Å². The van der Waals surface area contributed by atoms with Gasteiger partial charge in [-0.2, -0.15) is 0 Å². The van der Waals surface area contributed by atoms with Crippen molar-refractivity contribution in [2.75, 3.05) is 25.1 Å². The molecular formula is C20H29N5O2. The molecule has 2 aromatic heterocycles. The predicted octanol–water partition coefficient (Wildman–Crippen LogP) is 2.81. The lowest BCUT2D eigenvalue weighted by atomic mass is 10.1. The lowest BCUT2D eigenvalue weighted by molar-refractivity contribution is 0.0875. The van der Waals surface area contributed by atoms with Gasteiger partial charge in [-0.25, -0.2) is 9.97 Å². The zero-order valence-electron chi connectivity index (χ0n) is 16.1. The summed E-state index contributed by atoms with van der Waals surface area (Å²) in [5.41, 5.74) is 0.575. The third kappa shape index (κ3) is 5.53. The fourth-order valence-electron chi connectivity index (χ4n) is 3.24. The van der Waals surface area contributed by atoms with Gasteiger partial charge in [0, 0.05) is 44.2 Å². The van der Waals surface area contributed by atoms with E-state index in [4.69, 9.17) is 4.74 Å². The zero-order valence-corrected chi connectivity index (χ0v) is 16.1. The van der Waals surface area contributed by atoms with E-state index < -0.39 is 0 Å². The maximum Gasteiger partial charge on any atom is 0.252 e. The Bertz CT molecular complexity index is 720. The number of nitrogens with one attached hydrogen (secondary N) is 2. The average Bonchev–Trinajstić information content (AvgIpc) is 3.15. The molecule has 0 radical (unpaired) electrons. The lowest BCUT2D eigenvalue weighted by Gasteiger charge is -2.23. The van der Waals surface area contributed by atoms with Gasteiger partial charge in [-0.05, 0) is 31.4 Å². The normalized spacial score (nSPS) is 17.1. The van der Waals surface area contributed by atoms with Gasteiger partial charge in [-0.3, -0.25) is 4.79 Å². The molecule has 2 aromatic rings. The molecular weight excluding hydrogens is 342 g/mol. The minimum atomic E-state index is -0.0928. The monoisotopic (exact) mass is 371 g/mol. The number of carbonyl (C=O) groups excluding carboxylic acids is 1. The van der Waals surface area contributed by atoms with Crippen LogP contribution in [0.15, 0.2) is 30.7 Å². The first-order valence-corrected chi connectivity index (χ1v) is 9.73. The summed E-state index contributed by atoms with van der Waals surface area (Å²) in [6.45, 7) is 7.27. The summed E-state index contributed by atoms with van der Waals surface area (Å²) in [4.78, 5) is 21.0. The first-order chi connectivity index (χ1) is 13.1. The van der Waals surface area contributed by atoms with Gasteiger partial charge in [0.15, 0.2) is 0 Å². The highest BCUT2D eigenvalue weighted by Crippen LogP contribution is 2.13. The fraction of sp³-hybridized carbons (Fsp3) is 0.550. The van der Waals surface area contributed by atoms with Crippen LogP contribution in [0.4, 0.5) is 5.82 Å². The summed E-state index contributed by atoms with van der Waals surface area (Å²) in [5, 5.41) is 6.31. The Morgan fingerprint density at radius 3 is 2.96 bits per heavy atom. The van der Waals surface area contributed by atoms with Crippen molar-refractivity contribution in [3.8, 4) is 0 Å². The quantitative estimate of drug-likeness (QED) is 0.698. The number of carbonyl (C=O) groups is 1. The molecule has 7 heteroatoms. The van der Waals surface area contributed by atoms with E-state index in [9.17, 15) is 4.79 Å². The molecule has 146 valence electrons. The molecule has 1 aliphatic rings. The molecule has 0 bridgehead atoms. The smallest absolute Gasteiger partial charge is 0.252 e. The SMILES string of the molecule is CC(C)c1nccn1CCCNC(=O)c1ccc(N[C@H]2CCCOC2)nc1. The summed E-state index contributed by atoms with van der Waals surface area (Å²) in [6.07, 6.45) is 8.44. The Kier molecular flexibility index (Phi) is 6.81. The van der Waals surface area contributed by atoms with Crippen LogP contribution in [0.2, 0.25) is 0 Å². The Labute approximate surface area is 160 Å². The van der Waals surface area contributed by atoms with Gasteiger partial charge >= 0.3 is 0 Å². The number of hydrogen-bond acceptors (Lipinski definition) is 5. The van der Waals surface area contributed by atoms with Crippen molar-refractivity contribution in [1.82, 2.24) is 19.9 Å². The Morgan fingerprint density at radius 2 is 2.26 bits per heavy atom. The second-order valence-corrected chi connectivity index (χ2v) is 7.23. The number of aromatic nitrogens is 3. The summed E-state index contributed by atoms with van der Waals surface area (Å²) in [5.74, 6) is 2.16. The number of amides is 1. The van der Waals surface area contributed by atoms with Crippen molar-refractivity contribution in [2.24, 2.45) is 0 Å². The van der Waals surface area contributed by atoms with Crippen molar-refractivity contribution in [3.05, 3.63) is 42.1 Å². The fourth-order valence-corrected chi connectivity index (χ4v) is 3.24.